The lowest BCUT2D eigenvalue weighted by Gasteiger charge is -2.02. The Bertz CT molecular complexity index is 672. The number of rotatable bonds is 4. The number of nitrogens with zero attached hydrogens (tertiary/aromatic N) is 3. The van der Waals surface area contributed by atoms with E-state index in [2.05, 4.69) is 15.4 Å². The summed E-state index contributed by atoms with van der Waals surface area (Å²) in [6, 6.07) is 6.66. The maximum absolute atomic E-state index is 13.0. The molecule has 1 aromatic carbocycles. The van der Waals surface area contributed by atoms with Gasteiger partial charge in [-0.3, -0.25) is 0 Å². The van der Waals surface area contributed by atoms with Crippen LogP contribution in [0.25, 0.3) is 4.96 Å². The number of nitrogens with one attached hydrogen (secondary N) is 1. The van der Waals surface area contributed by atoms with Gasteiger partial charge in [-0.25, -0.2) is 13.9 Å². The van der Waals surface area contributed by atoms with Crippen LogP contribution >= 0.6 is 11.3 Å². The summed E-state index contributed by atoms with van der Waals surface area (Å²) < 4.78 is 14.8. The van der Waals surface area contributed by atoms with E-state index in [1.165, 1.54) is 17.4 Å². The molecule has 0 fully saturated rings. The summed E-state index contributed by atoms with van der Waals surface area (Å²) in [4.78, 5) is 5.22. The molecular weight excluding hydrogens is 263 g/mol. The molecule has 0 spiro atoms. The van der Waals surface area contributed by atoms with Crippen LogP contribution in [0.3, 0.4) is 0 Å². The number of aromatic nitrogens is 3. The van der Waals surface area contributed by atoms with Gasteiger partial charge in [0.1, 0.15) is 5.82 Å². The van der Waals surface area contributed by atoms with Gasteiger partial charge in [0, 0.05) is 6.54 Å². The van der Waals surface area contributed by atoms with Crippen molar-refractivity contribution < 1.29 is 4.39 Å². The number of fused-ring (bicyclic) bond motifs is 1. The molecule has 0 amide bonds. The van der Waals surface area contributed by atoms with E-state index in [1.807, 2.05) is 19.2 Å². The first-order valence-electron chi connectivity index (χ1n) is 6.02. The molecule has 0 aliphatic heterocycles. The number of halogens is 1. The predicted octanol–water partition coefficient (Wildman–Crippen LogP) is 2.89. The molecule has 2 heterocycles. The minimum Gasteiger partial charge on any atom is -0.360 e. The van der Waals surface area contributed by atoms with Gasteiger partial charge in [0.15, 0.2) is 0 Å². The Kier molecular flexibility index (Phi) is 3.16. The van der Waals surface area contributed by atoms with Gasteiger partial charge in [0.05, 0.1) is 11.9 Å². The monoisotopic (exact) mass is 276 g/mol. The van der Waals surface area contributed by atoms with E-state index >= 15 is 0 Å². The van der Waals surface area contributed by atoms with Gasteiger partial charge in [0.25, 0.3) is 0 Å². The van der Waals surface area contributed by atoms with Gasteiger partial charge in [-0.1, -0.05) is 23.5 Å². The molecule has 3 rings (SSSR count). The SMILES string of the molecule is Cc1cn2nc(NCCc3cccc(F)c3)sc2n1. The molecule has 19 heavy (non-hydrogen) atoms. The third kappa shape index (κ3) is 2.73. The van der Waals surface area contributed by atoms with E-state index in [-0.39, 0.29) is 5.82 Å². The van der Waals surface area contributed by atoms with Crippen molar-refractivity contribution in [3.05, 3.63) is 47.5 Å². The number of imidazole rings is 1. The van der Waals surface area contributed by atoms with Crippen LogP contribution in [0.15, 0.2) is 30.5 Å². The maximum atomic E-state index is 13.0. The summed E-state index contributed by atoms with van der Waals surface area (Å²) in [5, 5.41) is 8.43. The highest BCUT2D eigenvalue weighted by molar-refractivity contribution is 7.20. The first-order valence-corrected chi connectivity index (χ1v) is 6.83. The second-order valence-corrected chi connectivity index (χ2v) is 5.28. The Morgan fingerprint density at radius 1 is 1.42 bits per heavy atom. The van der Waals surface area contributed by atoms with Gasteiger partial charge >= 0.3 is 0 Å². The molecular formula is C13H13FN4S. The molecule has 0 atom stereocenters. The van der Waals surface area contributed by atoms with Crippen LogP contribution in [0.5, 0.6) is 0 Å². The van der Waals surface area contributed by atoms with E-state index in [9.17, 15) is 4.39 Å². The van der Waals surface area contributed by atoms with Crippen LogP contribution in [0.2, 0.25) is 0 Å². The molecule has 6 heteroatoms. The molecule has 0 bridgehead atoms. The summed E-state index contributed by atoms with van der Waals surface area (Å²) in [5.74, 6) is -0.194. The number of benzene rings is 1. The zero-order chi connectivity index (χ0) is 13.2. The van der Waals surface area contributed by atoms with Crippen molar-refractivity contribution >= 4 is 21.4 Å². The Balaban J connectivity index is 1.61. The van der Waals surface area contributed by atoms with Gasteiger partial charge in [-0.2, -0.15) is 0 Å². The molecule has 3 aromatic rings. The van der Waals surface area contributed by atoms with E-state index in [0.717, 1.165) is 34.3 Å². The van der Waals surface area contributed by atoms with Crippen molar-refractivity contribution in [2.45, 2.75) is 13.3 Å². The quantitative estimate of drug-likeness (QED) is 0.796. The van der Waals surface area contributed by atoms with Crippen LogP contribution in [0.1, 0.15) is 11.3 Å². The molecule has 0 aliphatic carbocycles. The fourth-order valence-electron chi connectivity index (χ4n) is 1.89. The Labute approximate surface area is 113 Å². The highest BCUT2D eigenvalue weighted by Crippen LogP contribution is 2.18. The summed E-state index contributed by atoms with van der Waals surface area (Å²) in [7, 11) is 0. The van der Waals surface area contributed by atoms with E-state index < -0.39 is 0 Å². The molecule has 4 nitrogen and oxygen atoms in total. The van der Waals surface area contributed by atoms with Crippen molar-refractivity contribution in [2.24, 2.45) is 0 Å². The van der Waals surface area contributed by atoms with E-state index in [1.54, 1.807) is 16.6 Å². The summed E-state index contributed by atoms with van der Waals surface area (Å²) in [6.07, 6.45) is 2.66. The van der Waals surface area contributed by atoms with Gasteiger partial charge < -0.3 is 5.32 Å². The molecule has 0 aliphatic rings. The smallest absolute Gasteiger partial charge is 0.214 e. The highest BCUT2D eigenvalue weighted by atomic mass is 32.1. The van der Waals surface area contributed by atoms with Crippen LogP contribution < -0.4 is 5.32 Å². The number of hydrogen-bond acceptors (Lipinski definition) is 4. The van der Waals surface area contributed by atoms with Gasteiger partial charge in [0.2, 0.25) is 10.1 Å². The number of anilines is 1. The van der Waals surface area contributed by atoms with Crippen LogP contribution in [-0.4, -0.2) is 21.1 Å². The van der Waals surface area contributed by atoms with Crippen molar-refractivity contribution in [3.8, 4) is 0 Å². The molecule has 2 aromatic heterocycles. The molecule has 0 radical (unpaired) electrons. The molecule has 0 unspecified atom stereocenters. The average Bonchev–Trinajstić information content (AvgIpc) is 2.86. The first-order chi connectivity index (χ1) is 9.20. The summed E-state index contributed by atoms with van der Waals surface area (Å²) in [5.41, 5.74) is 1.94. The average molecular weight is 276 g/mol. The zero-order valence-electron chi connectivity index (χ0n) is 10.4. The van der Waals surface area contributed by atoms with Gasteiger partial charge in [-0.05, 0) is 31.0 Å². The lowest BCUT2D eigenvalue weighted by molar-refractivity contribution is 0.625. The second kappa shape index (κ2) is 4.97. The molecule has 0 saturated heterocycles. The highest BCUT2D eigenvalue weighted by Gasteiger charge is 2.05. The first kappa shape index (κ1) is 12.1. The van der Waals surface area contributed by atoms with Crippen molar-refractivity contribution in [3.63, 3.8) is 0 Å². The fraction of sp³-hybridized carbons (Fsp3) is 0.231. The van der Waals surface area contributed by atoms with Crippen LogP contribution in [0.4, 0.5) is 9.52 Å². The van der Waals surface area contributed by atoms with E-state index in [4.69, 9.17) is 0 Å². The van der Waals surface area contributed by atoms with Gasteiger partial charge in [-0.15, -0.1) is 5.10 Å². The predicted molar refractivity (Wildman–Crippen MR) is 74.2 cm³/mol. The summed E-state index contributed by atoms with van der Waals surface area (Å²) >= 11 is 1.51. The van der Waals surface area contributed by atoms with Crippen LogP contribution in [-0.2, 0) is 6.42 Å². The zero-order valence-corrected chi connectivity index (χ0v) is 11.2. The number of hydrogen-bond donors (Lipinski definition) is 1. The molecule has 98 valence electrons. The number of aryl methyl sites for hydroxylation is 1. The third-order valence-electron chi connectivity index (χ3n) is 2.74. The standard InChI is InChI=1S/C13H13FN4S/c1-9-8-18-13(16-9)19-12(17-18)15-6-5-10-3-2-4-11(14)7-10/h2-4,7-8H,5-6H2,1H3,(H,15,17). The largest absolute Gasteiger partial charge is 0.360 e. The maximum Gasteiger partial charge on any atom is 0.214 e. The van der Waals surface area contributed by atoms with Crippen molar-refractivity contribution in [1.82, 2.24) is 14.6 Å². The Hall–Kier alpha value is -1.95. The topological polar surface area (TPSA) is 42.2 Å². The minimum absolute atomic E-state index is 0.194. The van der Waals surface area contributed by atoms with E-state index in [0.29, 0.717) is 0 Å². The summed E-state index contributed by atoms with van der Waals surface area (Å²) in [6.45, 7) is 2.66. The lowest BCUT2D eigenvalue weighted by atomic mass is 10.1. The second-order valence-electron chi connectivity index (χ2n) is 4.32. The third-order valence-corrected chi connectivity index (χ3v) is 3.62. The van der Waals surface area contributed by atoms with Crippen molar-refractivity contribution in [2.75, 3.05) is 11.9 Å². The lowest BCUT2D eigenvalue weighted by Crippen LogP contribution is -2.05. The fourth-order valence-corrected chi connectivity index (χ4v) is 2.74. The van der Waals surface area contributed by atoms with Crippen LogP contribution in [0, 0.1) is 12.7 Å². The normalized spacial score (nSPS) is 11.1. The molecule has 1 N–H and O–H groups in total. The minimum atomic E-state index is -0.194. The Morgan fingerprint density at radius 3 is 3.11 bits per heavy atom. The Morgan fingerprint density at radius 2 is 2.32 bits per heavy atom. The van der Waals surface area contributed by atoms with Crippen molar-refractivity contribution in [1.29, 1.82) is 0 Å². The molecule has 0 saturated carbocycles.